The summed E-state index contributed by atoms with van der Waals surface area (Å²) in [5.74, 6) is 0.593. The molecule has 0 radical (unpaired) electrons. The Morgan fingerprint density at radius 1 is 1.32 bits per heavy atom. The number of hydrogen-bond acceptors (Lipinski definition) is 3. The van der Waals surface area contributed by atoms with Gasteiger partial charge in [-0.1, -0.05) is 19.3 Å². The number of carbonyl (C=O) groups excluding carboxylic acids is 1. The first-order chi connectivity index (χ1) is 10.6. The Labute approximate surface area is 143 Å². The summed E-state index contributed by atoms with van der Waals surface area (Å²) in [4.78, 5) is 17.9. The molecular weight excluding hydrogens is 360 g/mol. The summed E-state index contributed by atoms with van der Waals surface area (Å²) < 4.78 is 0.901. The summed E-state index contributed by atoms with van der Waals surface area (Å²) in [7, 11) is 0. The third kappa shape index (κ3) is 3.41. The van der Waals surface area contributed by atoms with Gasteiger partial charge in [0.1, 0.15) is 0 Å². The molecule has 2 aromatic heterocycles. The molecule has 0 aliphatic heterocycles. The van der Waals surface area contributed by atoms with Gasteiger partial charge in [-0.15, -0.1) is 11.3 Å². The van der Waals surface area contributed by atoms with Crippen LogP contribution in [0.1, 0.15) is 58.8 Å². The molecular formula is C17H19BrN2OS. The maximum absolute atomic E-state index is 12.4. The zero-order chi connectivity index (χ0) is 15.5. The highest BCUT2D eigenvalue weighted by Gasteiger charge is 2.19. The highest BCUT2D eigenvalue weighted by molar-refractivity contribution is 9.10. The number of halogens is 1. The number of anilines is 1. The second-order valence-corrected chi connectivity index (χ2v) is 7.62. The highest BCUT2D eigenvalue weighted by atomic mass is 79.9. The molecule has 0 aromatic carbocycles. The normalized spacial score (nSPS) is 15.7. The molecule has 1 N–H and O–H groups in total. The van der Waals surface area contributed by atoms with E-state index < -0.39 is 0 Å². The topological polar surface area (TPSA) is 42.0 Å². The van der Waals surface area contributed by atoms with E-state index in [9.17, 15) is 4.79 Å². The molecule has 0 unspecified atom stereocenters. The van der Waals surface area contributed by atoms with Crippen molar-refractivity contribution in [3.8, 4) is 0 Å². The largest absolute Gasteiger partial charge is 0.320 e. The van der Waals surface area contributed by atoms with Crippen LogP contribution in [0.2, 0.25) is 0 Å². The molecule has 1 aliphatic carbocycles. The molecule has 2 heterocycles. The van der Waals surface area contributed by atoms with Crippen LogP contribution in [-0.4, -0.2) is 10.9 Å². The van der Waals surface area contributed by atoms with E-state index in [2.05, 4.69) is 32.3 Å². The van der Waals surface area contributed by atoms with Crippen molar-refractivity contribution in [3.63, 3.8) is 0 Å². The van der Waals surface area contributed by atoms with Crippen LogP contribution < -0.4 is 5.32 Å². The van der Waals surface area contributed by atoms with Gasteiger partial charge in [-0.05, 0) is 53.2 Å². The molecule has 1 amide bonds. The van der Waals surface area contributed by atoms with Crippen LogP contribution in [0.25, 0.3) is 0 Å². The summed E-state index contributed by atoms with van der Waals surface area (Å²) >= 11 is 5.15. The first kappa shape index (κ1) is 15.7. The number of hydrogen-bond donors (Lipinski definition) is 1. The van der Waals surface area contributed by atoms with Crippen molar-refractivity contribution in [3.05, 3.63) is 44.3 Å². The maximum atomic E-state index is 12.4. The standard InChI is InChI=1S/C17H19BrN2OS/c1-11-14(18)8-19-9-15(11)20-17(21)13-7-16(22-10-13)12-5-3-2-4-6-12/h7-10,12H,2-6H2,1H3,(H,20,21). The average molecular weight is 379 g/mol. The number of aromatic nitrogens is 1. The fourth-order valence-corrected chi connectivity index (χ4v) is 4.29. The summed E-state index contributed by atoms with van der Waals surface area (Å²) in [6, 6.07) is 2.07. The van der Waals surface area contributed by atoms with Crippen LogP contribution >= 0.6 is 27.3 Å². The molecule has 0 saturated heterocycles. The van der Waals surface area contributed by atoms with E-state index in [0.29, 0.717) is 5.92 Å². The van der Waals surface area contributed by atoms with E-state index in [-0.39, 0.29) is 5.91 Å². The molecule has 0 spiro atoms. The van der Waals surface area contributed by atoms with E-state index in [4.69, 9.17) is 0 Å². The molecule has 3 nitrogen and oxygen atoms in total. The number of pyridine rings is 1. The van der Waals surface area contributed by atoms with Gasteiger partial charge >= 0.3 is 0 Å². The van der Waals surface area contributed by atoms with Crippen LogP contribution in [0, 0.1) is 6.92 Å². The van der Waals surface area contributed by atoms with Crippen molar-refractivity contribution in [2.45, 2.75) is 44.9 Å². The van der Waals surface area contributed by atoms with E-state index >= 15 is 0 Å². The van der Waals surface area contributed by atoms with E-state index in [1.807, 2.05) is 12.3 Å². The SMILES string of the molecule is Cc1c(Br)cncc1NC(=O)c1csc(C2CCCCC2)c1. The Bertz CT molecular complexity index is 677. The van der Waals surface area contributed by atoms with Gasteiger partial charge in [0.25, 0.3) is 5.91 Å². The van der Waals surface area contributed by atoms with Gasteiger partial charge in [0.05, 0.1) is 17.4 Å². The maximum Gasteiger partial charge on any atom is 0.256 e. The lowest BCUT2D eigenvalue weighted by Crippen LogP contribution is -2.12. The van der Waals surface area contributed by atoms with E-state index in [0.717, 1.165) is 21.3 Å². The van der Waals surface area contributed by atoms with Gasteiger partial charge in [0.15, 0.2) is 0 Å². The molecule has 1 aliphatic rings. The first-order valence-corrected chi connectivity index (χ1v) is 9.32. The Balaban J connectivity index is 1.72. The number of rotatable bonds is 3. The van der Waals surface area contributed by atoms with Crippen LogP contribution in [-0.2, 0) is 0 Å². The Morgan fingerprint density at radius 2 is 2.09 bits per heavy atom. The lowest BCUT2D eigenvalue weighted by atomic mass is 9.88. The summed E-state index contributed by atoms with van der Waals surface area (Å²) in [5.41, 5.74) is 2.50. The summed E-state index contributed by atoms with van der Waals surface area (Å²) in [6.07, 6.45) is 9.92. The Kier molecular flexibility index (Phi) is 4.93. The van der Waals surface area contributed by atoms with Crippen molar-refractivity contribution >= 4 is 38.9 Å². The third-order valence-corrected chi connectivity index (χ3v) is 6.19. The van der Waals surface area contributed by atoms with Gasteiger partial charge in [0, 0.05) is 20.9 Å². The summed E-state index contributed by atoms with van der Waals surface area (Å²) in [5, 5.41) is 4.93. The predicted molar refractivity (Wildman–Crippen MR) is 94.8 cm³/mol. The zero-order valence-electron chi connectivity index (χ0n) is 12.6. The number of amides is 1. The second-order valence-electron chi connectivity index (χ2n) is 5.82. The monoisotopic (exact) mass is 378 g/mol. The molecule has 116 valence electrons. The van der Waals surface area contributed by atoms with Gasteiger partial charge in [-0.25, -0.2) is 0 Å². The molecule has 1 saturated carbocycles. The van der Waals surface area contributed by atoms with Crippen molar-refractivity contribution in [1.29, 1.82) is 0 Å². The number of nitrogens with one attached hydrogen (secondary N) is 1. The van der Waals surface area contributed by atoms with Crippen LogP contribution in [0.3, 0.4) is 0 Å². The average Bonchev–Trinajstić information content (AvgIpc) is 3.03. The predicted octanol–water partition coefficient (Wildman–Crippen LogP) is 5.51. The molecule has 5 heteroatoms. The quantitative estimate of drug-likeness (QED) is 0.764. The molecule has 2 aromatic rings. The first-order valence-electron chi connectivity index (χ1n) is 7.65. The smallest absolute Gasteiger partial charge is 0.256 e. The summed E-state index contributed by atoms with van der Waals surface area (Å²) in [6.45, 7) is 1.96. The van der Waals surface area contributed by atoms with Crippen LogP contribution in [0.4, 0.5) is 5.69 Å². The van der Waals surface area contributed by atoms with Crippen molar-refractivity contribution in [2.24, 2.45) is 0 Å². The lowest BCUT2D eigenvalue weighted by Gasteiger charge is -2.19. The second kappa shape index (κ2) is 6.92. The molecule has 0 bridgehead atoms. The van der Waals surface area contributed by atoms with Crippen LogP contribution in [0.5, 0.6) is 0 Å². The Hall–Kier alpha value is -1.20. The van der Waals surface area contributed by atoms with Gasteiger partial charge in [-0.2, -0.15) is 0 Å². The minimum atomic E-state index is -0.0543. The van der Waals surface area contributed by atoms with Gasteiger partial charge in [-0.3, -0.25) is 9.78 Å². The highest BCUT2D eigenvalue weighted by Crippen LogP contribution is 2.36. The number of carbonyl (C=O) groups is 1. The number of nitrogens with zero attached hydrogens (tertiary/aromatic N) is 1. The molecule has 1 fully saturated rings. The van der Waals surface area contributed by atoms with Crippen molar-refractivity contribution in [1.82, 2.24) is 4.98 Å². The Morgan fingerprint density at radius 3 is 2.86 bits per heavy atom. The van der Waals surface area contributed by atoms with E-state index in [1.165, 1.54) is 37.0 Å². The zero-order valence-corrected chi connectivity index (χ0v) is 15.0. The fraction of sp³-hybridized carbons (Fsp3) is 0.412. The molecule has 3 rings (SSSR count). The van der Waals surface area contributed by atoms with Crippen molar-refractivity contribution < 1.29 is 4.79 Å². The van der Waals surface area contributed by atoms with Crippen molar-refractivity contribution in [2.75, 3.05) is 5.32 Å². The van der Waals surface area contributed by atoms with Gasteiger partial charge in [0.2, 0.25) is 0 Å². The van der Waals surface area contributed by atoms with Gasteiger partial charge < -0.3 is 5.32 Å². The molecule has 22 heavy (non-hydrogen) atoms. The fourth-order valence-electron chi connectivity index (χ4n) is 2.89. The number of thiophene rings is 1. The van der Waals surface area contributed by atoms with Crippen LogP contribution in [0.15, 0.2) is 28.3 Å². The van der Waals surface area contributed by atoms with E-state index in [1.54, 1.807) is 23.7 Å². The lowest BCUT2D eigenvalue weighted by molar-refractivity contribution is 0.102. The minimum absolute atomic E-state index is 0.0543. The minimum Gasteiger partial charge on any atom is -0.320 e. The third-order valence-electron chi connectivity index (χ3n) is 4.29. The molecule has 0 atom stereocenters.